The minimum Gasteiger partial charge on any atom is -0.368 e. The Morgan fingerprint density at radius 1 is 0.786 bits per heavy atom. The molecule has 0 aliphatic carbocycles. The van der Waals surface area contributed by atoms with Crippen molar-refractivity contribution in [3.8, 4) is 0 Å². The fourth-order valence-corrected chi connectivity index (χ4v) is 3.36. The largest absolute Gasteiger partial charge is 0.368 e. The third kappa shape index (κ3) is 18.2. The van der Waals surface area contributed by atoms with E-state index in [9.17, 15) is 9.59 Å². The third-order valence-electron chi connectivity index (χ3n) is 5.25. The highest BCUT2D eigenvalue weighted by Crippen LogP contribution is 2.12. The van der Waals surface area contributed by atoms with Gasteiger partial charge in [0.15, 0.2) is 0 Å². The molecular formula is C22H45N3O3. The van der Waals surface area contributed by atoms with E-state index in [0.717, 1.165) is 25.7 Å². The molecule has 0 saturated heterocycles. The van der Waals surface area contributed by atoms with Crippen molar-refractivity contribution in [3.63, 3.8) is 0 Å². The van der Waals surface area contributed by atoms with Gasteiger partial charge in [-0.05, 0) is 25.7 Å². The molecular weight excluding hydrogens is 354 g/mol. The van der Waals surface area contributed by atoms with Crippen molar-refractivity contribution in [2.75, 3.05) is 6.54 Å². The number of unbranched alkanes of at least 4 members (excludes halogenated alkanes) is 13. The van der Waals surface area contributed by atoms with Gasteiger partial charge < -0.3 is 16.3 Å². The van der Waals surface area contributed by atoms with Gasteiger partial charge in [-0.3, -0.25) is 9.59 Å². The fourth-order valence-electron chi connectivity index (χ4n) is 3.36. The summed E-state index contributed by atoms with van der Waals surface area (Å²) < 4.78 is 0. The molecule has 1 unspecified atom stereocenters. The lowest BCUT2D eigenvalue weighted by Crippen LogP contribution is -2.39. The summed E-state index contributed by atoms with van der Waals surface area (Å²) in [5, 5.41) is 11.7. The molecule has 0 aromatic rings. The molecule has 5 N–H and O–H groups in total. The number of hydrogen-bond donors (Lipinski definition) is 4. The van der Waals surface area contributed by atoms with Crippen molar-refractivity contribution >= 4 is 11.8 Å². The monoisotopic (exact) mass is 399 g/mol. The molecule has 0 rings (SSSR count). The first-order valence-electron chi connectivity index (χ1n) is 11.6. The first-order chi connectivity index (χ1) is 13.6. The van der Waals surface area contributed by atoms with Crippen LogP contribution in [0.5, 0.6) is 0 Å². The Bertz CT molecular complexity index is 378. The number of primary amides is 1. The zero-order valence-electron chi connectivity index (χ0n) is 18.1. The maximum atomic E-state index is 11.8. The third-order valence-corrected chi connectivity index (χ3v) is 5.25. The second-order valence-electron chi connectivity index (χ2n) is 7.92. The van der Waals surface area contributed by atoms with Crippen LogP contribution in [0.2, 0.25) is 0 Å². The van der Waals surface area contributed by atoms with Crippen LogP contribution in [0.15, 0.2) is 0 Å². The van der Waals surface area contributed by atoms with E-state index in [2.05, 4.69) is 12.2 Å². The number of nitrogens with one attached hydrogen (secondary N) is 2. The summed E-state index contributed by atoms with van der Waals surface area (Å²) in [6.45, 7) is 2.87. The summed E-state index contributed by atoms with van der Waals surface area (Å²) in [4.78, 5) is 22.7. The molecule has 0 aliphatic rings. The highest BCUT2D eigenvalue weighted by Gasteiger charge is 2.12. The van der Waals surface area contributed by atoms with Crippen molar-refractivity contribution in [1.82, 2.24) is 10.8 Å². The lowest BCUT2D eigenvalue weighted by molar-refractivity contribution is -0.123. The molecule has 166 valence electrons. The maximum absolute atomic E-state index is 11.8. The minimum absolute atomic E-state index is 0.106. The first-order valence-corrected chi connectivity index (χ1v) is 11.6. The highest BCUT2D eigenvalue weighted by molar-refractivity contribution is 5.79. The summed E-state index contributed by atoms with van der Waals surface area (Å²) in [7, 11) is 0. The van der Waals surface area contributed by atoms with E-state index in [1.165, 1.54) is 70.6 Å². The molecule has 0 heterocycles. The van der Waals surface area contributed by atoms with Crippen molar-refractivity contribution < 1.29 is 14.8 Å². The number of rotatable bonds is 21. The van der Waals surface area contributed by atoms with Gasteiger partial charge in [-0.15, -0.1) is 0 Å². The zero-order valence-corrected chi connectivity index (χ0v) is 18.1. The number of carbonyl (C=O) groups excluding carboxylic acids is 2. The highest BCUT2D eigenvalue weighted by atomic mass is 16.5. The van der Waals surface area contributed by atoms with Gasteiger partial charge in [0.05, 0.1) is 0 Å². The Balaban J connectivity index is 3.28. The van der Waals surface area contributed by atoms with Crippen molar-refractivity contribution in [2.24, 2.45) is 5.73 Å². The number of hydroxylamine groups is 1. The summed E-state index contributed by atoms with van der Waals surface area (Å²) in [6.07, 6.45) is 19.6. The van der Waals surface area contributed by atoms with Crippen molar-refractivity contribution in [3.05, 3.63) is 0 Å². The zero-order chi connectivity index (χ0) is 20.9. The predicted octanol–water partition coefficient (Wildman–Crippen LogP) is 4.59. The van der Waals surface area contributed by atoms with Gasteiger partial charge in [0.1, 0.15) is 6.04 Å². The summed E-state index contributed by atoms with van der Waals surface area (Å²) >= 11 is 0. The van der Waals surface area contributed by atoms with Crippen LogP contribution in [0.25, 0.3) is 0 Å². The smallest absolute Gasteiger partial charge is 0.236 e. The molecule has 0 bridgehead atoms. The second-order valence-corrected chi connectivity index (χ2v) is 7.92. The number of carbonyl (C=O) groups is 2. The second kappa shape index (κ2) is 20.6. The van der Waals surface area contributed by atoms with Gasteiger partial charge >= 0.3 is 0 Å². The van der Waals surface area contributed by atoms with Crippen molar-refractivity contribution in [1.29, 1.82) is 0 Å². The van der Waals surface area contributed by atoms with Gasteiger partial charge in [0, 0.05) is 13.0 Å². The van der Waals surface area contributed by atoms with Crippen LogP contribution in [0.4, 0.5) is 0 Å². The molecule has 0 spiro atoms. The Kier molecular flexibility index (Phi) is 19.8. The van der Waals surface area contributed by atoms with Gasteiger partial charge in [-0.1, -0.05) is 84.0 Å². The summed E-state index contributed by atoms with van der Waals surface area (Å²) in [5.41, 5.74) is 7.03. The molecule has 0 saturated carbocycles. The van der Waals surface area contributed by atoms with E-state index in [4.69, 9.17) is 10.9 Å². The van der Waals surface area contributed by atoms with Crippen LogP contribution in [0.1, 0.15) is 116 Å². The van der Waals surface area contributed by atoms with E-state index in [0.29, 0.717) is 19.4 Å². The molecule has 1 atom stereocenters. The lowest BCUT2D eigenvalue weighted by Gasteiger charge is -2.10. The van der Waals surface area contributed by atoms with Crippen molar-refractivity contribution in [2.45, 2.75) is 122 Å². The quantitative estimate of drug-likeness (QED) is 0.167. The van der Waals surface area contributed by atoms with Crippen LogP contribution in [0.3, 0.4) is 0 Å². The normalized spacial score (nSPS) is 12.1. The van der Waals surface area contributed by atoms with E-state index < -0.39 is 11.9 Å². The molecule has 28 heavy (non-hydrogen) atoms. The SMILES string of the molecule is CCCCCCCCCCCCCCCC(=O)NCCCCC(NO)C(N)=O. The Morgan fingerprint density at radius 3 is 1.75 bits per heavy atom. The van der Waals surface area contributed by atoms with E-state index in [-0.39, 0.29) is 5.91 Å². The van der Waals surface area contributed by atoms with Crippen LogP contribution < -0.4 is 16.5 Å². The van der Waals surface area contributed by atoms with Crippen LogP contribution in [-0.2, 0) is 9.59 Å². The standard InChI is InChI=1S/C22H45N3O3/c1-2-3-4-5-6-7-8-9-10-11-12-13-14-18-21(26)24-19-16-15-17-20(25-28)22(23)27/h20,25,28H,2-19H2,1H3,(H2,23,27)(H,24,26). The number of hydrogen-bond acceptors (Lipinski definition) is 4. The Morgan fingerprint density at radius 2 is 1.29 bits per heavy atom. The Labute approximate surface area is 172 Å². The molecule has 6 nitrogen and oxygen atoms in total. The molecule has 0 aliphatic heterocycles. The average Bonchev–Trinajstić information content (AvgIpc) is 2.68. The number of amides is 2. The molecule has 0 fully saturated rings. The Hall–Kier alpha value is -1.14. The summed E-state index contributed by atoms with van der Waals surface area (Å²) in [5.74, 6) is -0.455. The molecule has 2 amide bonds. The van der Waals surface area contributed by atoms with Crippen LogP contribution in [0, 0.1) is 0 Å². The summed E-state index contributed by atoms with van der Waals surface area (Å²) in [6, 6.07) is -0.707. The topological polar surface area (TPSA) is 104 Å². The fraction of sp³-hybridized carbons (Fsp3) is 0.909. The lowest BCUT2D eigenvalue weighted by atomic mass is 10.0. The van der Waals surface area contributed by atoms with E-state index in [1.807, 2.05) is 5.48 Å². The van der Waals surface area contributed by atoms with Gasteiger partial charge in [0.2, 0.25) is 11.8 Å². The minimum atomic E-state index is -0.707. The van der Waals surface area contributed by atoms with Crippen LogP contribution >= 0.6 is 0 Å². The predicted molar refractivity (Wildman–Crippen MR) is 115 cm³/mol. The molecule has 0 radical (unpaired) electrons. The molecule has 6 heteroatoms. The van der Waals surface area contributed by atoms with Gasteiger partial charge in [-0.2, -0.15) is 5.48 Å². The van der Waals surface area contributed by atoms with Gasteiger partial charge in [0.25, 0.3) is 0 Å². The first kappa shape index (κ1) is 26.9. The van der Waals surface area contributed by atoms with Gasteiger partial charge in [-0.25, -0.2) is 0 Å². The number of nitrogens with two attached hydrogens (primary N) is 1. The van der Waals surface area contributed by atoms with Crippen LogP contribution in [-0.4, -0.2) is 29.6 Å². The molecule has 0 aromatic heterocycles. The van der Waals surface area contributed by atoms with E-state index >= 15 is 0 Å². The van der Waals surface area contributed by atoms with E-state index in [1.54, 1.807) is 0 Å². The average molecular weight is 400 g/mol. The maximum Gasteiger partial charge on any atom is 0.236 e. The molecule has 0 aromatic carbocycles.